The first-order valence-electron chi connectivity index (χ1n) is 5.28. The Morgan fingerprint density at radius 2 is 2.35 bits per heavy atom. The van der Waals surface area contributed by atoms with Crippen LogP contribution in [0.15, 0.2) is 10.6 Å². The van der Waals surface area contributed by atoms with E-state index in [1.807, 2.05) is 20.8 Å². The fraction of sp³-hybridized carbons (Fsp3) is 0.636. The molecule has 5 nitrogen and oxygen atoms in total. The van der Waals surface area contributed by atoms with Crippen LogP contribution >= 0.6 is 11.6 Å². The van der Waals surface area contributed by atoms with Gasteiger partial charge in [0.05, 0.1) is 10.9 Å². The lowest BCUT2D eigenvalue weighted by atomic mass is 10.0. The normalized spacial score (nSPS) is 13.5. The monoisotopic (exact) mass is 260 g/mol. The van der Waals surface area contributed by atoms with Crippen LogP contribution < -0.4 is 5.32 Å². The van der Waals surface area contributed by atoms with Crippen LogP contribution in [0.1, 0.15) is 37.0 Å². The molecular weight excluding hydrogens is 244 g/mol. The number of carbonyl (C=O) groups excluding carboxylic acids is 1. The number of amides is 1. The topological polar surface area (TPSA) is 64.4 Å². The van der Waals surface area contributed by atoms with Crippen LogP contribution in [-0.4, -0.2) is 29.1 Å². The average Bonchev–Trinajstić information content (AvgIpc) is 2.66. The van der Waals surface area contributed by atoms with Crippen LogP contribution in [0.5, 0.6) is 0 Å². The fourth-order valence-corrected chi connectivity index (χ4v) is 1.14. The van der Waals surface area contributed by atoms with Gasteiger partial charge in [0.15, 0.2) is 11.5 Å². The maximum Gasteiger partial charge on any atom is 0.273 e. The van der Waals surface area contributed by atoms with Gasteiger partial charge < -0.3 is 14.6 Å². The number of hydrogen-bond acceptors (Lipinski definition) is 4. The summed E-state index contributed by atoms with van der Waals surface area (Å²) in [4.78, 5) is 11.8. The molecule has 0 saturated carbocycles. The number of alkyl halides is 1. The molecule has 0 aliphatic heterocycles. The third-order valence-electron chi connectivity index (χ3n) is 2.51. The van der Waals surface area contributed by atoms with Crippen molar-refractivity contribution >= 4 is 17.5 Å². The van der Waals surface area contributed by atoms with Gasteiger partial charge in [0.2, 0.25) is 0 Å². The summed E-state index contributed by atoms with van der Waals surface area (Å²) in [5.41, 5.74) is -0.290. The second-order valence-electron chi connectivity index (χ2n) is 4.40. The highest BCUT2D eigenvalue weighted by atomic mass is 35.5. The molecule has 0 aliphatic carbocycles. The first kappa shape index (κ1) is 14.0. The van der Waals surface area contributed by atoms with Crippen LogP contribution in [-0.2, 0) is 11.3 Å². The Balaban J connectivity index is 2.69. The Morgan fingerprint density at radius 1 is 1.71 bits per heavy atom. The number of methoxy groups -OCH3 is 1. The number of ether oxygens (including phenoxy) is 1. The van der Waals surface area contributed by atoms with Crippen molar-refractivity contribution in [2.75, 3.05) is 7.11 Å². The molecule has 17 heavy (non-hydrogen) atoms. The van der Waals surface area contributed by atoms with Crippen LogP contribution in [0.2, 0.25) is 0 Å². The summed E-state index contributed by atoms with van der Waals surface area (Å²) >= 11 is 5.98. The van der Waals surface area contributed by atoms with Gasteiger partial charge in [-0.15, -0.1) is 11.6 Å². The zero-order valence-corrected chi connectivity index (χ0v) is 11.2. The molecule has 0 bridgehead atoms. The van der Waals surface area contributed by atoms with E-state index < -0.39 is 5.54 Å². The van der Waals surface area contributed by atoms with E-state index in [2.05, 4.69) is 10.5 Å². The van der Waals surface area contributed by atoms with Crippen LogP contribution in [0.3, 0.4) is 0 Å². The summed E-state index contributed by atoms with van der Waals surface area (Å²) in [5.74, 6) is 0.197. The van der Waals surface area contributed by atoms with Crippen LogP contribution in [0.25, 0.3) is 0 Å². The molecule has 0 aliphatic rings. The number of nitrogens with one attached hydrogen (secondary N) is 1. The Labute approximate surface area is 105 Å². The minimum Gasteiger partial charge on any atom is -0.377 e. The van der Waals surface area contributed by atoms with Crippen molar-refractivity contribution in [2.24, 2.45) is 0 Å². The number of rotatable bonds is 5. The van der Waals surface area contributed by atoms with Crippen LogP contribution in [0.4, 0.5) is 0 Å². The maximum absolute atomic E-state index is 11.8. The van der Waals surface area contributed by atoms with E-state index in [-0.39, 0.29) is 23.6 Å². The van der Waals surface area contributed by atoms with Gasteiger partial charge in [-0.2, -0.15) is 0 Å². The summed E-state index contributed by atoms with van der Waals surface area (Å²) in [6.45, 7) is 5.80. The highest BCUT2D eigenvalue weighted by molar-refractivity contribution is 6.21. The molecule has 1 aromatic heterocycles. The maximum atomic E-state index is 11.8. The molecule has 1 aromatic rings. The Bertz CT molecular complexity index is 388. The third kappa shape index (κ3) is 3.71. The van der Waals surface area contributed by atoms with Crippen LogP contribution in [0, 0.1) is 0 Å². The summed E-state index contributed by atoms with van der Waals surface area (Å²) in [6, 6.07) is 1.55. The van der Waals surface area contributed by atoms with E-state index in [1.54, 1.807) is 13.2 Å². The molecule has 0 fully saturated rings. The Hall–Kier alpha value is -1.07. The van der Waals surface area contributed by atoms with Gasteiger partial charge in [-0.3, -0.25) is 4.79 Å². The van der Waals surface area contributed by atoms with Crippen molar-refractivity contribution in [3.05, 3.63) is 17.5 Å². The summed E-state index contributed by atoms with van der Waals surface area (Å²) < 4.78 is 9.81. The largest absolute Gasteiger partial charge is 0.377 e. The molecule has 96 valence electrons. The second kappa shape index (κ2) is 5.51. The van der Waals surface area contributed by atoms with E-state index >= 15 is 0 Å². The standard InChI is InChI=1S/C11H17ClN2O3/c1-7(12)11(2,3)13-10(15)9-5-8(6-16-4)17-14-9/h5,7H,6H2,1-4H3,(H,13,15). The van der Waals surface area contributed by atoms with E-state index in [9.17, 15) is 4.79 Å². The molecule has 0 saturated heterocycles. The molecule has 1 rings (SSSR count). The highest BCUT2D eigenvalue weighted by Gasteiger charge is 2.27. The average molecular weight is 261 g/mol. The molecule has 6 heteroatoms. The molecule has 1 atom stereocenters. The Kier molecular flexibility index (Phi) is 4.54. The van der Waals surface area contributed by atoms with Gasteiger partial charge in [0.1, 0.15) is 6.61 Å². The third-order valence-corrected chi connectivity index (χ3v) is 3.05. The molecule has 0 aromatic carbocycles. The van der Waals surface area contributed by atoms with Gasteiger partial charge in [0, 0.05) is 13.2 Å². The van der Waals surface area contributed by atoms with Crippen molar-refractivity contribution in [1.29, 1.82) is 0 Å². The first-order valence-corrected chi connectivity index (χ1v) is 5.71. The SMILES string of the molecule is COCc1cc(C(=O)NC(C)(C)C(C)Cl)no1. The van der Waals surface area contributed by atoms with Crippen molar-refractivity contribution in [3.8, 4) is 0 Å². The minimum atomic E-state index is -0.515. The second-order valence-corrected chi connectivity index (χ2v) is 5.06. The van der Waals surface area contributed by atoms with Gasteiger partial charge >= 0.3 is 0 Å². The van der Waals surface area contributed by atoms with E-state index in [0.717, 1.165) is 0 Å². The Morgan fingerprint density at radius 3 is 2.88 bits per heavy atom. The first-order chi connectivity index (χ1) is 7.86. The number of halogens is 1. The molecule has 1 amide bonds. The van der Waals surface area contributed by atoms with E-state index in [4.69, 9.17) is 20.9 Å². The molecule has 1 heterocycles. The highest BCUT2D eigenvalue weighted by Crippen LogP contribution is 2.15. The summed E-state index contributed by atoms with van der Waals surface area (Å²) in [6.07, 6.45) is 0. The van der Waals surface area contributed by atoms with Gasteiger partial charge in [-0.05, 0) is 20.8 Å². The van der Waals surface area contributed by atoms with Gasteiger partial charge in [-0.25, -0.2) is 0 Å². The fourth-order valence-electron chi connectivity index (χ4n) is 1.09. The van der Waals surface area contributed by atoms with E-state index in [0.29, 0.717) is 5.76 Å². The lowest BCUT2D eigenvalue weighted by molar-refractivity contribution is 0.0902. The summed E-state index contributed by atoms with van der Waals surface area (Å²) in [5, 5.41) is 6.26. The number of nitrogens with zero attached hydrogens (tertiary/aromatic N) is 1. The minimum absolute atomic E-state index is 0.197. The van der Waals surface area contributed by atoms with Crippen molar-refractivity contribution in [1.82, 2.24) is 10.5 Å². The van der Waals surface area contributed by atoms with Gasteiger partial charge in [-0.1, -0.05) is 5.16 Å². The number of hydrogen-bond donors (Lipinski definition) is 1. The van der Waals surface area contributed by atoms with E-state index in [1.165, 1.54) is 0 Å². The number of carbonyl (C=O) groups is 1. The lowest BCUT2D eigenvalue weighted by Gasteiger charge is -2.28. The predicted molar refractivity (Wildman–Crippen MR) is 64.1 cm³/mol. The predicted octanol–water partition coefficient (Wildman–Crippen LogP) is 1.96. The smallest absolute Gasteiger partial charge is 0.273 e. The molecule has 1 N–H and O–H groups in total. The van der Waals surface area contributed by atoms with Crippen molar-refractivity contribution < 1.29 is 14.1 Å². The molecule has 1 unspecified atom stereocenters. The summed E-state index contributed by atoms with van der Waals surface area (Å²) in [7, 11) is 1.54. The quantitative estimate of drug-likeness (QED) is 0.822. The molecule has 0 radical (unpaired) electrons. The number of aromatic nitrogens is 1. The molecule has 0 spiro atoms. The lowest BCUT2D eigenvalue weighted by Crippen LogP contribution is -2.49. The van der Waals surface area contributed by atoms with Gasteiger partial charge in [0.25, 0.3) is 5.91 Å². The molecular formula is C11H17ClN2O3. The zero-order chi connectivity index (χ0) is 13.1. The van der Waals surface area contributed by atoms with Crippen molar-refractivity contribution in [3.63, 3.8) is 0 Å². The van der Waals surface area contributed by atoms with Crippen molar-refractivity contribution in [2.45, 2.75) is 38.3 Å². The zero-order valence-electron chi connectivity index (χ0n) is 10.4.